The summed E-state index contributed by atoms with van der Waals surface area (Å²) in [7, 11) is 0. The van der Waals surface area contributed by atoms with Crippen LogP contribution in [0.5, 0.6) is 0 Å². The molecule has 7 nitrogen and oxygen atoms in total. The van der Waals surface area contributed by atoms with E-state index in [-0.39, 0.29) is 105 Å². The summed E-state index contributed by atoms with van der Waals surface area (Å²) < 4.78 is 247. The van der Waals surface area contributed by atoms with E-state index in [4.69, 9.17) is 4.42 Å². The lowest BCUT2D eigenvalue weighted by Gasteiger charge is -2.45. The average molecular weight is 1520 g/mol. The van der Waals surface area contributed by atoms with E-state index < -0.39 is 157 Å². The van der Waals surface area contributed by atoms with Crippen molar-refractivity contribution in [1.82, 2.24) is 18.3 Å². The van der Waals surface area contributed by atoms with Gasteiger partial charge in [0.15, 0.2) is 11.2 Å². The zero-order valence-electron chi connectivity index (χ0n) is 88.6. The Labute approximate surface area is 708 Å². The molecule has 2 aliphatic rings. The van der Waals surface area contributed by atoms with Crippen LogP contribution in [0.15, 0.2) is 344 Å². The Balaban J connectivity index is 0.947. The highest BCUT2D eigenvalue weighted by Crippen LogP contribution is 2.55. The molecule has 21 aromatic rings. The van der Waals surface area contributed by atoms with Crippen molar-refractivity contribution in [3.8, 4) is 45.0 Å². The lowest BCUT2D eigenvalue weighted by Crippen LogP contribution is -2.61. The van der Waals surface area contributed by atoms with Crippen molar-refractivity contribution in [2.24, 2.45) is 0 Å². The summed E-state index contributed by atoms with van der Waals surface area (Å²) in [6.45, 7) is 18.3. The van der Waals surface area contributed by atoms with Gasteiger partial charge in [-0.15, -0.1) is 0 Å². The molecular formula is C108H83BN6O. The zero-order chi connectivity index (χ0) is 98.8. The Morgan fingerprint density at radius 1 is 0.267 bits per heavy atom. The van der Waals surface area contributed by atoms with Gasteiger partial charge in [0.1, 0.15) is 0 Å². The first-order valence-corrected chi connectivity index (χ1v) is 38.9. The van der Waals surface area contributed by atoms with E-state index in [1.54, 1.807) is 30.3 Å². The van der Waals surface area contributed by atoms with Crippen molar-refractivity contribution in [2.45, 2.75) is 78.6 Å². The summed E-state index contributed by atoms with van der Waals surface area (Å²) in [5.74, 6) is 0. The predicted molar refractivity (Wildman–Crippen MR) is 492 cm³/mol. The Bertz CT molecular complexity index is 8920. The van der Waals surface area contributed by atoms with Crippen LogP contribution < -0.4 is 26.2 Å². The van der Waals surface area contributed by atoms with Gasteiger partial charge in [0.05, 0.1) is 99.8 Å². The number of hydrogen-bond acceptors (Lipinski definition) is 3. The van der Waals surface area contributed by atoms with Crippen LogP contribution >= 0.6 is 0 Å². The molecule has 5 aromatic heterocycles. The first kappa shape index (κ1) is 47.6. The summed E-state index contributed by atoms with van der Waals surface area (Å²) in [5, 5.41) is 2.06. The number of anilines is 6. The van der Waals surface area contributed by atoms with Gasteiger partial charge in [0.25, 0.3) is 6.71 Å². The smallest absolute Gasteiger partial charge is 0.252 e. The number of furan rings is 1. The van der Waals surface area contributed by atoms with Crippen LogP contribution in [0.1, 0.15) is 112 Å². The quantitative estimate of drug-likeness (QED) is 0.142. The topological polar surface area (TPSA) is 39.3 Å². The lowest BCUT2D eigenvalue weighted by atomic mass is 9.33. The Morgan fingerprint density at radius 2 is 0.629 bits per heavy atom. The maximum Gasteiger partial charge on any atom is 0.252 e. The molecule has 0 unspecified atom stereocenters. The summed E-state index contributed by atoms with van der Waals surface area (Å²) in [6.07, 6.45) is 0. The van der Waals surface area contributed by atoms with Crippen LogP contribution in [0.4, 0.5) is 34.1 Å². The van der Waals surface area contributed by atoms with E-state index in [1.165, 1.54) is 13.7 Å². The van der Waals surface area contributed by atoms with E-state index in [0.717, 1.165) is 38.5 Å². The van der Waals surface area contributed by atoms with E-state index in [2.05, 4.69) is 120 Å². The second kappa shape index (κ2) is 24.8. The maximum atomic E-state index is 10.3. The molecule has 7 heterocycles. The van der Waals surface area contributed by atoms with Crippen LogP contribution in [0.3, 0.4) is 0 Å². The molecule has 23 rings (SSSR count). The minimum atomic E-state index is -1.11. The lowest BCUT2D eigenvalue weighted by molar-refractivity contribution is 0.590. The Kier molecular flexibility index (Phi) is 10.2. The fourth-order valence-corrected chi connectivity index (χ4v) is 18.2. The van der Waals surface area contributed by atoms with Crippen molar-refractivity contribution in [1.29, 1.82) is 0 Å². The number of fused-ring (bicyclic) bond motifs is 19. The third-order valence-corrected chi connectivity index (χ3v) is 23.7. The highest BCUT2D eigenvalue weighted by atomic mass is 16.3. The predicted octanol–water partition coefficient (Wildman–Crippen LogP) is 27.3. The minimum absolute atomic E-state index is 0.0362. The molecule has 116 heavy (non-hydrogen) atoms. The summed E-state index contributed by atoms with van der Waals surface area (Å²) in [4.78, 5) is 4.04. The molecule has 0 amide bonds. The van der Waals surface area contributed by atoms with Gasteiger partial charge in [-0.2, -0.15) is 0 Å². The molecule has 0 aliphatic carbocycles. The van der Waals surface area contributed by atoms with Gasteiger partial charge in [0, 0.05) is 99.1 Å². The van der Waals surface area contributed by atoms with Crippen LogP contribution in [0, 0.1) is 0 Å². The Morgan fingerprint density at radius 3 is 1.04 bits per heavy atom. The average Bonchev–Trinajstić information content (AvgIpc) is 1.48. The van der Waals surface area contributed by atoms with Crippen LogP contribution in [0.25, 0.3) is 154 Å². The van der Waals surface area contributed by atoms with Crippen molar-refractivity contribution in [3.05, 3.63) is 356 Å². The molecule has 554 valence electrons. The maximum absolute atomic E-state index is 10.3. The third-order valence-electron chi connectivity index (χ3n) is 23.7. The standard InChI is InChI=1S/C108H83BN6O/c1-106(2,3)68-50-56-94-84(58-68)85-59-69(107(4,5)6)51-57-95(85)113(94)96-48-28-40-80-81-41-29-49-97(105(81)116-104(80)96)114-98-62-71(110-88-42-22-16-34-74(88)75-35-17-23-43-89(75)110)52-54-86(98)109-87-55-53-72(111-90-44-24-18-36-76(90)77-37-19-25-45-91(77)111)63-99(87)115(101-65-73(64-100(114)102(101)109)112-92-46-26-20-38-78(92)79-39-21-27-47-93(79)112)103-82(66-30-12-10-13-31-66)60-70(108(7,8)9)61-83(103)67-32-14-11-15-33-67/h10-65H,1-9H3/i16D,17D,18D,19D,20D,21D,22D,23D,24D,25D,26D,27D,34D,35D,36D,37D,38D,39D,42D,43D,44D,45D,46D,47D. The van der Waals surface area contributed by atoms with Crippen molar-refractivity contribution < 1.29 is 37.3 Å². The number of rotatable bonds is 8. The monoisotopic (exact) mass is 1510 g/mol. The van der Waals surface area contributed by atoms with Gasteiger partial charge >= 0.3 is 0 Å². The molecule has 8 heteroatoms. The largest absolute Gasteiger partial charge is 0.452 e. The molecule has 16 aromatic carbocycles. The molecular weight excluding hydrogens is 1410 g/mol. The molecule has 0 fully saturated rings. The number of hydrogen-bond donors (Lipinski definition) is 0. The Hall–Kier alpha value is -13.8. The normalized spacial score (nSPS) is 16.1. The van der Waals surface area contributed by atoms with Crippen LogP contribution in [-0.4, -0.2) is 25.0 Å². The van der Waals surface area contributed by atoms with E-state index in [9.17, 15) is 32.9 Å². The van der Waals surface area contributed by atoms with Gasteiger partial charge < -0.3 is 32.5 Å². The fraction of sp³-hybridized carbons (Fsp3) is 0.111. The molecule has 0 spiro atoms. The zero-order valence-corrected chi connectivity index (χ0v) is 64.6. The number of benzene rings is 16. The SMILES string of the molecule is [2H]c1c([2H])c([2H])c2c(c1[2H])c1c([2H])c([2H])c([2H])c([2H])c1n2-c1ccc2c(c1)N(c1c(-c3ccccc3)cc(C(C)(C)C)cc1-c1ccccc1)c1cc(-n3c4c([2H])c([2H])c([2H])c([2H])c4c4c([2H])c([2H])c([2H])c([2H])c43)cc3c1B2c1ccc(-n2c4c([2H])c([2H])c([2H])c([2H])c4c4c([2H])c([2H])c([2H])c([2H])c42)cc1N3c1cccc2c1oc1c(-n3c4ccc(C(C)(C)C)cc4c4cc(C(C)(C)C)ccc43)cccc12. The van der Waals surface area contributed by atoms with Gasteiger partial charge in [-0.05, 0) is 182 Å². The van der Waals surface area contributed by atoms with Crippen LogP contribution in [0.2, 0.25) is 0 Å². The van der Waals surface area contributed by atoms with E-state index in [0.29, 0.717) is 89.0 Å². The number of aromatic nitrogens is 4. The van der Waals surface area contributed by atoms with Gasteiger partial charge in [-0.3, -0.25) is 0 Å². The summed E-state index contributed by atoms with van der Waals surface area (Å²) in [6, 6.07) is 47.8. The van der Waals surface area contributed by atoms with Gasteiger partial charge in [-0.1, -0.05) is 280 Å². The summed E-state index contributed by atoms with van der Waals surface area (Å²) >= 11 is 0. The molecule has 2 aliphatic heterocycles. The third kappa shape index (κ3) is 9.98. The van der Waals surface area contributed by atoms with E-state index in [1.807, 2.05) is 120 Å². The molecule has 0 atom stereocenters. The molecule has 0 saturated heterocycles. The molecule has 0 N–H and O–H groups in total. The molecule has 0 radical (unpaired) electrons. The highest BCUT2D eigenvalue weighted by molar-refractivity contribution is 7.00. The number of para-hydroxylation sites is 8. The van der Waals surface area contributed by atoms with Crippen LogP contribution in [-0.2, 0) is 16.2 Å². The minimum Gasteiger partial charge on any atom is -0.452 e. The van der Waals surface area contributed by atoms with Crippen molar-refractivity contribution in [2.75, 3.05) is 9.80 Å². The first-order chi connectivity index (χ1) is 66.4. The fourth-order valence-electron chi connectivity index (χ4n) is 18.2. The second-order valence-electron chi connectivity index (χ2n) is 33.4. The van der Waals surface area contributed by atoms with Crippen molar-refractivity contribution >= 4 is 166 Å². The molecule has 0 saturated carbocycles. The van der Waals surface area contributed by atoms with E-state index >= 15 is 0 Å². The van der Waals surface area contributed by atoms with Crippen molar-refractivity contribution in [3.63, 3.8) is 0 Å². The van der Waals surface area contributed by atoms with Gasteiger partial charge in [0.2, 0.25) is 0 Å². The summed E-state index contributed by atoms with van der Waals surface area (Å²) in [5.41, 5.74) is 10.5. The number of nitrogens with zero attached hydrogens (tertiary/aromatic N) is 6. The second-order valence-corrected chi connectivity index (χ2v) is 33.4. The first-order valence-electron chi connectivity index (χ1n) is 50.9. The molecule has 0 bridgehead atoms. The van der Waals surface area contributed by atoms with Gasteiger partial charge in [-0.25, -0.2) is 0 Å². The highest BCUT2D eigenvalue weighted by Gasteiger charge is 2.46.